The second-order valence-electron chi connectivity index (χ2n) is 17.6. The van der Waals surface area contributed by atoms with Crippen LogP contribution in [-0.4, -0.2) is 105 Å². The number of hydrogen-bond acceptors (Lipinski definition) is 14. The van der Waals surface area contributed by atoms with Crippen molar-refractivity contribution in [1.29, 1.82) is 0 Å². The van der Waals surface area contributed by atoms with E-state index >= 15 is 0 Å². The summed E-state index contributed by atoms with van der Waals surface area (Å²) in [6, 6.07) is 19.9. The summed E-state index contributed by atoms with van der Waals surface area (Å²) in [6.45, 7) is 6.56. The highest BCUT2D eigenvalue weighted by Gasteiger charge is 2.38. The number of ether oxygens (including phenoxy) is 2. The summed E-state index contributed by atoms with van der Waals surface area (Å²) in [6.07, 6.45) is 2.58. The molecule has 418 valence electrons. The van der Waals surface area contributed by atoms with Crippen LogP contribution >= 0.6 is 11.8 Å². The van der Waals surface area contributed by atoms with Crippen molar-refractivity contribution in [1.82, 2.24) is 25.4 Å². The second-order valence-corrected chi connectivity index (χ2v) is 23.5. The van der Waals surface area contributed by atoms with Crippen LogP contribution in [0.4, 0.5) is 22.0 Å². The molecular weight excluding hydrogens is 1110 g/mol. The number of carbonyl (C=O) groups is 3. The molecule has 0 fully saturated rings. The van der Waals surface area contributed by atoms with Gasteiger partial charge in [0, 0.05) is 6.42 Å². The molecule has 0 saturated carbocycles. The van der Waals surface area contributed by atoms with E-state index in [1.165, 1.54) is 66.8 Å². The van der Waals surface area contributed by atoms with Crippen LogP contribution in [0.1, 0.15) is 28.7 Å². The lowest BCUT2D eigenvalue weighted by atomic mass is 10.0. The van der Waals surface area contributed by atoms with E-state index in [0.717, 1.165) is 22.9 Å². The molecule has 6 rings (SSSR count). The molecule has 0 saturated heterocycles. The summed E-state index contributed by atoms with van der Waals surface area (Å²) in [5, 5.41) is 8.03. The second kappa shape index (κ2) is 27.0. The van der Waals surface area contributed by atoms with Crippen LogP contribution in [0.3, 0.4) is 0 Å². The van der Waals surface area contributed by atoms with E-state index in [1.54, 1.807) is 79.4 Å². The Balaban J connectivity index is 1.19. The Hall–Kier alpha value is -6.36. The topological polar surface area (TPSA) is 241 Å². The molecule has 17 nitrogen and oxygen atoms in total. The highest BCUT2D eigenvalue weighted by atomic mass is 32.2. The van der Waals surface area contributed by atoms with Gasteiger partial charge in [0.15, 0.2) is 40.2 Å². The van der Waals surface area contributed by atoms with E-state index in [1.807, 2.05) is 0 Å². The molecule has 5 N–H and O–H groups in total. The molecule has 0 bridgehead atoms. The number of rotatable bonds is 27. The maximum absolute atomic E-state index is 14.7. The van der Waals surface area contributed by atoms with Crippen molar-refractivity contribution in [2.75, 3.05) is 25.2 Å². The summed E-state index contributed by atoms with van der Waals surface area (Å²) in [7, 11) is -14.1. The minimum Gasteiger partial charge on any atom is -0.379 e. The number of nitrogens with one attached hydrogen (secondary N) is 5. The molecule has 0 spiro atoms. The van der Waals surface area contributed by atoms with Gasteiger partial charge in [-0.05, 0) is 92.3 Å². The summed E-state index contributed by atoms with van der Waals surface area (Å²) < 4.78 is 173. The van der Waals surface area contributed by atoms with Crippen LogP contribution in [0, 0.1) is 42.9 Å². The quantitative estimate of drug-likeness (QED) is 0.0142. The maximum Gasteiger partial charge on any atom is 0.339 e. The summed E-state index contributed by atoms with van der Waals surface area (Å²) in [4.78, 5) is 39.8. The molecule has 6 atom stereocenters. The molecule has 0 radical (unpaired) electrons. The zero-order valence-electron chi connectivity index (χ0n) is 41.9. The Morgan fingerprint density at radius 2 is 1.23 bits per heavy atom. The van der Waals surface area contributed by atoms with Gasteiger partial charge in [-0.3, -0.25) is 19.7 Å². The average Bonchev–Trinajstić information content (AvgIpc) is 3.45. The van der Waals surface area contributed by atoms with Gasteiger partial charge < -0.3 is 24.3 Å². The van der Waals surface area contributed by atoms with Crippen molar-refractivity contribution in [2.24, 2.45) is 0 Å². The predicted octanol–water partition coefficient (Wildman–Crippen LogP) is 5.57. The molecule has 78 heavy (non-hydrogen) atoms. The molecule has 1 heterocycles. The number of sulfonamides is 2. The van der Waals surface area contributed by atoms with Crippen LogP contribution < -0.4 is 29.6 Å². The Labute approximate surface area is 452 Å². The first-order chi connectivity index (χ1) is 36.9. The molecule has 5 aromatic rings. The number of hydrogen-bond donors (Lipinski definition) is 5. The highest BCUT2D eigenvalue weighted by molar-refractivity contribution is 7.98. The first-order valence-electron chi connectivity index (χ1n) is 23.6. The fraction of sp³-hybridized carbons (Fsp3) is 0.288. The highest BCUT2D eigenvalue weighted by Crippen LogP contribution is 2.28. The fourth-order valence-corrected chi connectivity index (χ4v) is 11.6. The SMILES string of the molecule is C=CCO[C@H]1O[C@H](NCC(=O)[C@H](Cc2ccc(OS(=O)(=O)c3ccc(C)cc3)cc2)NS(=O)(=O)c2ccc(C)cc2)C=C[C@@H]1NC(=O)[C@H](Cc1ccccc1)NC(=O)[C@H](CCSC)NS(=O)(=O)c1c(F)c(F)c(F)c(F)c1F. The normalized spacial score (nSPS) is 16.9. The Kier molecular flexibility index (Phi) is 21.1. The first-order valence-corrected chi connectivity index (χ1v) is 29.4. The zero-order valence-corrected chi connectivity index (χ0v) is 45.1. The minimum absolute atomic E-state index is 0.0401. The van der Waals surface area contributed by atoms with Crippen molar-refractivity contribution in [3.8, 4) is 5.75 Å². The third-order valence-corrected chi connectivity index (χ3v) is 16.6. The molecule has 2 amide bonds. The van der Waals surface area contributed by atoms with Crippen molar-refractivity contribution in [2.45, 2.75) is 84.5 Å². The summed E-state index contributed by atoms with van der Waals surface area (Å²) in [5.41, 5.74) is 2.55. The number of Topliss-reactive ketones (excluding diaryl/α,β-unsaturated/α-hetero) is 1. The smallest absolute Gasteiger partial charge is 0.339 e. The van der Waals surface area contributed by atoms with Crippen molar-refractivity contribution in [3.63, 3.8) is 0 Å². The third-order valence-electron chi connectivity index (χ3n) is 11.7. The molecule has 5 aromatic carbocycles. The van der Waals surface area contributed by atoms with Crippen LogP contribution in [0.25, 0.3) is 0 Å². The molecule has 0 aromatic heterocycles. The van der Waals surface area contributed by atoms with Gasteiger partial charge in [0.25, 0.3) is 0 Å². The van der Waals surface area contributed by atoms with Gasteiger partial charge in [0.05, 0.1) is 30.1 Å². The minimum atomic E-state index is -5.63. The zero-order chi connectivity index (χ0) is 57.0. The number of benzene rings is 5. The van der Waals surface area contributed by atoms with E-state index in [-0.39, 0.29) is 47.2 Å². The van der Waals surface area contributed by atoms with Crippen LogP contribution in [0.5, 0.6) is 5.75 Å². The molecule has 0 aliphatic carbocycles. The van der Waals surface area contributed by atoms with Gasteiger partial charge in [0.2, 0.25) is 37.7 Å². The number of amides is 2. The number of thioether (sulfide) groups is 1. The van der Waals surface area contributed by atoms with Crippen LogP contribution in [0.15, 0.2) is 143 Å². The molecule has 1 aliphatic heterocycles. The molecular formula is C52H54F5N5O12S4. The van der Waals surface area contributed by atoms with E-state index in [0.29, 0.717) is 11.1 Å². The number of carbonyl (C=O) groups excluding carboxylic acids is 3. The maximum atomic E-state index is 14.7. The fourth-order valence-electron chi connectivity index (χ4n) is 7.58. The predicted molar refractivity (Wildman–Crippen MR) is 279 cm³/mol. The lowest BCUT2D eigenvalue weighted by Crippen LogP contribution is -2.58. The van der Waals surface area contributed by atoms with Crippen molar-refractivity contribution < 1.29 is 75.2 Å². The van der Waals surface area contributed by atoms with Crippen molar-refractivity contribution in [3.05, 3.63) is 179 Å². The Morgan fingerprint density at radius 3 is 1.82 bits per heavy atom. The third kappa shape index (κ3) is 16.1. The average molecular weight is 1160 g/mol. The Bertz CT molecular complexity index is 3300. The lowest BCUT2D eigenvalue weighted by Gasteiger charge is -2.34. The van der Waals surface area contributed by atoms with Crippen LogP contribution in [-0.2, 0) is 66.9 Å². The van der Waals surface area contributed by atoms with Gasteiger partial charge in [-0.1, -0.05) is 90.0 Å². The van der Waals surface area contributed by atoms with E-state index in [9.17, 15) is 61.6 Å². The lowest BCUT2D eigenvalue weighted by molar-refractivity contribution is -0.177. The standard InChI is InChI=1S/C52H54F5N5O12S4/c1-5-26-72-52-39(59-51(65)41(29-33-9-7-6-8-10-33)60-50(64)38(25-27-75-4)61-77(68,69)49-47(56)45(54)44(53)46(55)48(49)57)23-24-43(73-52)58-30-42(63)40(62-76(66,67)36-19-11-31(2)12-20-36)28-34-15-17-35(18-16-34)74-78(70,71)37-21-13-32(3)14-22-37/h5-24,38-41,43,52,58,61-62H,1,25-30H2,2-4H3,(H,59,65)(H,60,64)/t38-,39-,40-,41-,43-,52-/m0/s1. The van der Waals surface area contributed by atoms with Crippen molar-refractivity contribution >= 4 is 59.5 Å². The Morgan fingerprint density at radius 1 is 0.679 bits per heavy atom. The van der Waals surface area contributed by atoms with Gasteiger partial charge in [0.1, 0.15) is 29.0 Å². The van der Waals surface area contributed by atoms with E-state index in [2.05, 4.69) is 27.3 Å². The summed E-state index contributed by atoms with van der Waals surface area (Å²) in [5.74, 6) is -15.7. The number of ketones is 1. The van der Waals surface area contributed by atoms with Gasteiger partial charge in [-0.2, -0.15) is 24.9 Å². The first kappa shape index (κ1) is 60.9. The molecule has 26 heteroatoms. The molecule has 0 unspecified atom stereocenters. The summed E-state index contributed by atoms with van der Waals surface area (Å²) >= 11 is 1.12. The molecule has 1 aliphatic rings. The monoisotopic (exact) mass is 1160 g/mol. The number of halogens is 5. The van der Waals surface area contributed by atoms with Gasteiger partial charge in [-0.25, -0.2) is 43.5 Å². The van der Waals surface area contributed by atoms with E-state index in [4.69, 9.17) is 13.7 Å². The van der Waals surface area contributed by atoms with Crippen LogP contribution in [0.2, 0.25) is 0 Å². The number of aryl methyl sites for hydroxylation is 2. The van der Waals surface area contributed by atoms with E-state index < -0.39 is 125 Å². The van der Waals surface area contributed by atoms with Gasteiger partial charge >= 0.3 is 10.1 Å². The van der Waals surface area contributed by atoms with Gasteiger partial charge in [-0.15, -0.1) is 6.58 Å². The largest absolute Gasteiger partial charge is 0.379 e.